The molecule has 1 N–H and O–H groups in total. The van der Waals surface area contributed by atoms with Crippen LogP contribution in [0.1, 0.15) is 5.56 Å². The van der Waals surface area contributed by atoms with Gasteiger partial charge < -0.3 is 15.1 Å². The maximum atomic E-state index is 6.29. The summed E-state index contributed by atoms with van der Waals surface area (Å²) in [6, 6.07) is 18.1. The van der Waals surface area contributed by atoms with Gasteiger partial charge in [0.1, 0.15) is 5.82 Å². The molecule has 1 aromatic heterocycles. The van der Waals surface area contributed by atoms with E-state index in [4.69, 9.17) is 21.6 Å². The van der Waals surface area contributed by atoms with E-state index in [1.54, 1.807) is 0 Å². The molecule has 0 radical (unpaired) electrons. The Hall–Kier alpha value is -2.63. The minimum atomic E-state index is 0.738. The molecule has 2 heterocycles. The molecule has 0 unspecified atom stereocenters. The first-order valence-electron chi connectivity index (χ1n) is 9.50. The van der Waals surface area contributed by atoms with Crippen LogP contribution in [-0.4, -0.2) is 48.1 Å². The highest BCUT2D eigenvalue weighted by Gasteiger charge is 2.18. The van der Waals surface area contributed by atoms with Gasteiger partial charge >= 0.3 is 0 Å². The number of hydrogen-bond donors (Lipinski definition) is 1. The Bertz CT molecular complexity index is 952. The van der Waals surface area contributed by atoms with E-state index in [9.17, 15) is 0 Å². The molecule has 0 aliphatic carbocycles. The number of likely N-dealkylation sites (N-methyl/N-ethyl adjacent to an activating group) is 1. The number of anilines is 3. The number of benzene rings is 2. The number of nitrogens with one attached hydrogen (secondary N) is 1. The molecule has 5 nitrogen and oxygen atoms in total. The van der Waals surface area contributed by atoms with Crippen LogP contribution in [0.3, 0.4) is 0 Å². The molecule has 1 aliphatic heterocycles. The van der Waals surface area contributed by atoms with Gasteiger partial charge in [0.25, 0.3) is 0 Å². The van der Waals surface area contributed by atoms with Crippen LogP contribution in [0, 0.1) is 6.92 Å². The Morgan fingerprint density at radius 2 is 1.68 bits per heavy atom. The number of aryl methyl sites for hydroxylation is 1. The second-order valence-electron chi connectivity index (χ2n) is 7.18. The second-order valence-corrected chi connectivity index (χ2v) is 7.59. The molecule has 4 rings (SSSR count). The van der Waals surface area contributed by atoms with Gasteiger partial charge in [-0.25, -0.2) is 4.98 Å². The number of nitrogens with zero attached hydrogens (tertiary/aromatic N) is 4. The van der Waals surface area contributed by atoms with Crippen LogP contribution in [-0.2, 0) is 0 Å². The monoisotopic (exact) mass is 393 g/mol. The van der Waals surface area contributed by atoms with Crippen LogP contribution in [0.5, 0.6) is 0 Å². The van der Waals surface area contributed by atoms with Gasteiger partial charge in [-0.3, -0.25) is 0 Å². The molecule has 144 valence electrons. The lowest BCUT2D eigenvalue weighted by atomic mass is 10.1. The average Bonchev–Trinajstić information content (AvgIpc) is 2.72. The zero-order valence-electron chi connectivity index (χ0n) is 16.2. The average molecular weight is 394 g/mol. The molecular weight excluding hydrogens is 370 g/mol. The number of aromatic nitrogens is 2. The topological polar surface area (TPSA) is 44.3 Å². The van der Waals surface area contributed by atoms with Crippen LogP contribution in [0.15, 0.2) is 54.6 Å². The van der Waals surface area contributed by atoms with Gasteiger partial charge in [-0.15, -0.1) is 0 Å². The lowest BCUT2D eigenvalue weighted by molar-refractivity contribution is 0.311. The lowest BCUT2D eigenvalue weighted by Gasteiger charge is -2.32. The van der Waals surface area contributed by atoms with Gasteiger partial charge in [0.05, 0.1) is 5.69 Å². The van der Waals surface area contributed by atoms with E-state index in [2.05, 4.69) is 34.3 Å². The van der Waals surface area contributed by atoms with Crippen LogP contribution in [0.4, 0.5) is 17.5 Å². The van der Waals surface area contributed by atoms with Gasteiger partial charge in [0, 0.05) is 48.5 Å². The van der Waals surface area contributed by atoms with Gasteiger partial charge in [-0.2, -0.15) is 4.98 Å². The fourth-order valence-corrected chi connectivity index (χ4v) is 3.40. The van der Waals surface area contributed by atoms with E-state index < -0.39 is 0 Å². The highest BCUT2D eigenvalue weighted by Crippen LogP contribution is 2.27. The Labute approximate surface area is 171 Å². The highest BCUT2D eigenvalue weighted by molar-refractivity contribution is 6.31. The Morgan fingerprint density at radius 3 is 2.39 bits per heavy atom. The Balaban J connectivity index is 1.70. The minimum Gasteiger partial charge on any atom is -0.340 e. The summed E-state index contributed by atoms with van der Waals surface area (Å²) in [7, 11) is 2.15. The third-order valence-corrected chi connectivity index (χ3v) is 5.42. The second kappa shape index (κ2) is 8.17. The van der Waals surface area contributed by atoms with Crippen LogP contribution in [0.2, 0.25) is 5.02 Å². The molecule has 1 saturated heterocycles. The normalized spacial score (nSPS) is 14.9. The largest absolute Gasteiger partial charge is 0.340 e. The van der Waals surface area contributed by atoms with Crippen molar-refractivity contribution in [3.63, 3.8) is 0 Å². The maximum Gasteiger partial charge on any atom is 0.227 e. The van der Waals surface area contributed by atoms with Crippen molar-refractivity contribution in [2.24, 2.45) is 0 Å². The summed E-state index contributed by atoms with van der Waals surface area (Å²) in [5.41, 5.74) is 3.95. The Kier molecular flexibility index (Phi) is 5.46. The van der Waals surface area contributed by atoms with Crippen molar-refractivity contribution in [3.05, 3.63) is 65.2 Å². The van der Waals surface area contributed by atoms with Crippen LogP contribution < -0.4 is 10.2 Å². The molecule has 6 heteroatoms. The summed E-state index contributed by atoms with van der Waals surface area (Å²) in [4.78, 5) is 14.2. The number of halogens is 1. The molecule has 28 heavy (non-hydrogen) atoms. The third kappa shape index (κ3) is 4.26. The maximum absolute atomic E-state index is 6.29. The van der Waals surface area contributed by atoms with E-state index in [1.807, 2.05) is 49.4 Å². The first-order valence-corrected chi connectivity index (χ1v) is 9.87. The van der Waals surface area contributed by atoms with Gasteiger partial charge in [-0.1, -0.05) is 48.0 Å². The van der Waals surface area contributed by atoms with Crippen molar-refractivity contribution >= 4 is 29.1 Å². The summed E-state index contributed by atoms with van der Waals surface area (Å²) in [6.07, 6.45) is 0. The fraction of sp³-hybridized carbons (Fsp3) is 0.273. The van der Waals surface area contributed by atoms with Crippen LogP contribution in [0.25, 0.3) is 11.3 Å². The zero-order chi connectivity index (χ0) is 19.5. The molecule has 2 aromatic carbocycles. The van der Waals surface area contributed by atoms with Crippen LogP contribution >= 0.6 is 11.6 Å². The van der Waals surface area contributed by atoms with Gasteiger partial charge in [0.15, 0.2) is 0 Å². The lowest BCUT2D eigenvalue weighted by Crippen LogP contribution is -2.45. The van der Waals surface area contributed by atoms with Crippen molar-refractivity contribution in [2.75, 3.05) is 43.4 Å². The molecule has 0 spiro atoms. The molecule has 1 fully saturated rings. The molecule has 0 atom stereocenters. The van der Waals surface area contributed by atoms with E-state index in [0.29, 0.717) is 0 Å². The highest BCUT2D eigenvalue weighted by atomic mass is 35.5. The summed E-state index contributed by atoms with van der Waals surface area (Å²) in [5, 5.41) is 4.14. The third-order valence-electron chi connectivity index (χ3n) is 5.01. The summed E-state index contributed by atoms with van der Waals surface area (Å²) >= 11 is 6.29. The fourth-order valence-electron chi connectivity index (χ4n) is 3.22. The van der Waals surface area contributed by atoms with E-state index in [1.165, 1.54) is 0 Å². The minimum absolute atomic E-state index is 0.738. The van der Waals surface area contributed by atoms with E-state index in [0.717, 1.165) is 65.5 Å². The predicted octanol–water partition coefficient (Wildman–Crippen LogP) is 4.60. The van der Waals surface area contributed by atoms with E-state index >= 15 is 0 Å². The number of piperazine rings is 1. The van der Waals surface area contributed by atoms with Crippen molar-refractivity contribution < 1.29 is 0 Å². The van der Waals surface area contributed by atoms with Crippen molar-refractivity contribution in [2.45, 2.75) is 6.92 Å². The molecule has 0 bridgehead atoms. The van der Waals surface area contributed by atoms with Crippen molar-refractivity contribution in [3.8, 4) is 11.3 Å². The summed E-state index contributed by atoms with van der Waals surface area (Å²) in [5.74, 6) is 1.53. The molecule has 3 aromatic rings. The standard InChI is InChI=1S/C22H24ClN5/c1-16-8-9-18(14-19(16)23)24-21-15-20(17-6-4-3-5-7-17)25-22(26-21)28-12-10-27(2)11-13-28/h3-9,14-15H,10-13H2,1-2H3,(H,24,25,26). The zero-order valence-corrected chi connectivity index (χ0v) is 16.9. The SMILES string of the molecule is Cc1ccc(Nc2cc(-c3ccccc3)nc(N3CCN(C)CC3)n2)cc1Cl. The summed E-state index contributed by atoms with van der Waals surface area (Å²) in [6.45, 7) is 5.86. The first-order chi connectivity index (χ1) is 13.6. The predicted molar refractivity (Wildman–Crippen MR) is 117 cm³/mol. The molecule has 1 aliphatic rings. The molecular formula is C22H24ClN5. The number of hydrogen-bond acceptors (Lipinski definition) is 5. The van der Waals surface area contributed by atoms with Gasteiger partial charge in [-0.05, 0) is 31.7 Å². The van der Waals surface area contributed by atoms with E-state index in [-0.39, 0.29) is 0 Å². The first kappa shape index (κ1) is 18.7. The van der Waals surface area contributed by atoms with Crippen molar-refractivity contribution in [1.82, 2.24) is 14.9 Å². The molecule has 0 amide bonds. The summed E-state index contributed by atoms with van der Waals surface area (Å²) < 4.78 is 0. The number of rotatable bonds is 4. The Morgan fingerprint density at radius 1 is 0.929 bits per heavy atom. The van der Waals surface area contributed by atoms with Gasteiger partial charge in [0.2, 0.25) is 5.95 Å². The van der Waals surface area contributed by atoms with Crippen molar-refractivity contribution in [1.29, 1.82) is 0 Å². The quantitative estimate of drug-likeness (QED) is 0.701. The molecule has 0 saturated carbocycles. The smallest absolute Gasteiger partial charge is 0.227 e.